The number of nitrogens with zero attached hydrogens (tertiary/aromatic N) is 5. The van der Waals surface area contributed by atoms with Crippen LogP contribution in [0.2, 0.25) is 0 Å². The number of carbonyl (C=O) groups excluding carboxylic acids is 1. The lowest BCUT2D eigenvalue weighted by atomic mass is 10.1. The maximum Gasteiger partial charge on any atom is 0.257 e. The van der Waals surface area contributed by atoms with Crippen molar-refractivity contribution in [3.8, 4) is 11.4 Å². The summed E-state index contributed by atoms with van der Waals surface area (Å²) in [6.07, 6.45) is 3.47. The quantitative estimate of drug-likeness (QED) is 0.715. The first-order chi connectivity index (χ1) is 13.0. The highest BCUT2D eigenvalue weighted by atomic mass is 16.2. The van der Waals surface area contributed by atoms with Crippen LogP contribution >= 0.6 is 0 Å². The van der Waals surface area contributed by atoms with E-state index in [1.165, 1.54) is 0 Å². The topological polar surface area (TPSA) is 71.9 Å². The van der Waals surface area contributed by atoms with Gasteiger partial charge in [-0.1, -0.05) is 44.2 Å². The lowest BCUT2D eigenvalue weighted by Gasteiger charge is -2.16. The van der Waals surface area contributed by atoms with E-state index in [9.17, 15) is 4.79 Å². The van der Waals surface area contributed by atoms with Crippen molar-refractivity contribution in [2.75, 3.05) is 0 Å². The number of aromatic nitrogens is 4. The van der Waals surface area contributed by atoms with E-state index in [-0.39, 0.29) is 11.8 Å². The summed E-state index contributed by atoms with van der Waals surface area (Å²) in [7, 11) is 0. The van der Waals surface area contributed by atoms with Crippen LogP contribution in [0.3, 0.4) is 0 Å². The maximum atomic E-state index is 13.0. The van der Waals surface area contributed by atoms with Crippen LogP contribution in [-0.4, -0.2) is 30.7 Å². The van der Waals surface area contributed by atoms with E-state index in [1.54, 1.807) is 11.1 Å². The van der Waals surface area contributed by atoms with E-state index in [1.807, 2.05) is 57.3 Å². The molecule has 2 aromatic heterocycles. The summed E-state index contributed by atoms with van der Waals surface area (Å²) in [4.78, 5) is 32.7. The standard InChI is InChI=1S/C21H21N5O/c1-13(2)19-23-10-17(14(3)24-19)21(27)26-11-16-9-22-20(25-18(16)12-26)15-7-5-4-6-8-15/h4-10,13H,11-12H2,1-3H3. The molecule has 0 fully saturated rings. The second-order valence-corrected chi connectivity index (χ2v) is 7.07. The minimum atomic E-state index is -0.0675. The normalized spacial score (nSPS) is 13.1. The van der Waals surface area contributed by atoms with E-state index in [4.69, 9.17) is 0 Å². The van der Waals surface area contributed by atoms with Crippen LogP contribution in [0.1, 0.15) is 52.9 Å². The van der Waals surface area contributed by atoms with Crippen LogP contribution < -0.4 is 0 Å². The highest BCUT2D eigenvalue weighted by Gasteiger charge is 2.27. The Hall–Kier alpha value is -3.15. The average molecular weight is 359 g/mol. The third-order valence-electron chi connectivity index (χ3n) is 4.72. The summed E-state index contributed by atoms with van der Waals surface area (Å²) in [5.74, 6) is 1.61. The fourth-order valence-electron chi connectivity index (χ4n) is 3.17. The number of benzene rings is 1. The monoisotopic (exact) mass is 359 g/mol. The van der Waals surface area contributed by atoms with E-state index in [0.29, 0.717) is 30.2 Å². The van der Waals surface area contributed by atoms with Crippen LogP contribution in [0.4, 0.5) is 0 Å². The van der Waals surface area contributed by atoms with Gasteiger partial charge in [-0.05, 0) is 6.92 Å². The summed E-state index contributed by atoms with van der Waals surface area (Å²) in [6, 6.07) is 9.86. The summed E-state index contributed by atoms with van der Waals surface area (Å²) < 4.78 is 0. The van der Waals surface area contributed by atoms with Crippen LogP contribution in [-0.2, 0) is 13.1 Å². The number of amides is 1. The minimum Gasteiger partial charge on any atom is -0.328 e. The lowest BCUT2D eigenvalue weighted by molar-refractivity contribution is 0.0748. The first kappa shape index (κ1) is 17.3. The Morgan fingerprint density at radius 1 is 1.04 bits per heavy atom. The molecule has 0 radical (unpaired) electrons. The molecule has 6 heteroatoms. The molecule has 3 heterocycles. The van der Waals surface area contributed by atoms with Crippen LogP contribution in [0.5, 0.6) is 0 Å². The van der Waals surface area contributed by atoms with Gasteiger partial charge in [-0.25, -0.2) is 19.9 Å². The number of carbonyl (C=O) groups is 1. The first-order valence-electron chi connectivity index (χ1n) is 9.06. The van der Waals surface area contributed by atoms with Crippen molar-refractivity contribution in [1.29, 1.82) is 0 Å². The van der Waals surface area contributed by atoms with Crippen LogP contribution in [0, 0.1) is 6.92 Å². The van der Waals surface area contributed by atoms with Gasteiger partial charge in [0, 0.05) is 36.0 Å². The van der Waals surface area contributed by atoms with Gasteiger partial charge in [0.15, 0.2) is 5.82 Å². The highest BCUT2D eigenvalue weighted by Crippen LogP contribution is 2.25. The minimum absolute atomic E-state index is 0.0675. The molecule has 0 unspecified atom stereocenters. The molecule has 6 nitrogen and oxygen atoms in total. The number of fused-ring (bicyclic) bond motifs is 1. The van der Waals surface area contributed by atoms with E-state index < -0.39 is 0 Å². The van der Waals surface area contributed by atoms with Gasteiger partial charge in [-0.2, -0.15) is 0 Å². The Morgan fingerprint density at radius 3 is 2.52 bits per heavy atom. The Balaban J connectivity index is 1.57. The lowest BCUT2D eigenvalue weighted by Crippen LogP contribution is -2.26. The van der Waals surface area contributed by atoms with Crippen molar-refractivity contribution in [2.24, 2.45) is 0 Å². The molecule has 1 amide bonds. The van der Waals surface area contributed by atoms with Crippen molar-refractivity contribution in [3.63, 3.8) is 0 Å². The summed E-state index contributed by atoms with van der Waals surface area (Å²) >= 11 is 0. The van der Waals surface area contributed by atoms with Crippen molar-refractivity contribution in [2.45, 2.75) is 39.8 Å². The summed E-state index contributed by atoms with van der Waals surface area (Å²) in [6.45, 7) is 6.92. The highest BCUT2D eigenvalue weighted by molar-refractivity contribution is 5.95. The Bertz CT molecular complexity index is 1000. The fourth-order valence-corrected chi connectivity index (χ4v) is 3.17. The molecule has 0 aliphatic carbocycles. The van der Waals surface area contributed by atoms with Crippen LogP contribution in [0.25, 0.3) is 11.4 Å². The molecule has 1 aliphatic heterocycles. The van der Waals surface area contributed by atoms with E-state index >= 15 is 0 Å². The fraction of sp³-hybridized carbons (Fsp3) is 0.286. The molecule has 0 saturated heterocycles. The summed E-state index contributed by atoms with van der Waals surface area (Å²) in [5.41, 5.74) is 4.11. The predicted octanol–water partition coefficient (Wildman–Crippen LogP) is 3.52. The second kappa shape index (κ2) is 6.87. The first-order valence-corrected chi connectivity index (χ1v) is 9.06. The number of rotatable bonds is 3. The number of hydrogen-bond donors (Lipinski definition) is 0. The van der Waals surface area contributed by atoms with E-state index in [2.05, 4.69) is 19.9 Å². The number of hydrogen-bond acceptors (Lipinski definition) is 5. The molecule has 0 bridgehead atoms. The molecule has 0 N–H and O–H groups in total. The molecule has 1 aliphatic rings. The van der Waals surface area contributed by atoms with Crippen LogP contribution in [0.15, 0.2) is 42.7 Å². The van der Waals surface area contributed by atoms with E-state index in [0.717, 1.165) is 22.6 Å². The van der Waals surface area contributed by atoms with Crippen molar-refractivity contribution in [1.82, 2.24) is 24.8 Å². The zero-order valence-electron chi connectivity index (χ0n) is 15.7. The van der Waals surface area contributed by atoms with Gasteiger partial charge in [0.1, 0.15) is 5.82 Å². The van der Waals surface area contributed by atoms with Gasteiger partial charge < -0.3 is 4.90 Å². The Morgan fingerprint density at radius 2 is 1.81 bits per heavy atom. The molecular formula is C21H21N5O. The predicted molar refractivity (Wildman–Crippen MR) is 102 cm³/mol. The number of aryl methyl sites for hydroxylation is 1. The molecule has 0 atom stereocenters. The van der Waals surface area contributed by atoms with Gasteiger partial charge in [0.2, 0.25) is 0 Å². The third kappa shape index (κ3) is 3.30. The molecule has 136 valence electrons. The van der Waals surface area contributed by atoms with Crippen molar-refractivity contribution < 1.29 is 4.79 Å². The molecule has 4 rings (SSSR count). The Kier molecular flexibility index (Phi) is 4.39. The molecular weight excluding hydrogens is 338 g/mol. The largest absolute Gasteiger partial charge is 0.328 e. The molecule has 1 aromatic carbocycles. The Labute approximate surface area is 158 Å². The summed E-state index contributed by atoms with van der Waals surface area (Å²) in [5, 5.41) is 0. The van der Waals surface area contributed by atoms with Gasteiger partial charge in [-0.15, -0.1) is 0 Å². The van der Waals surface area contributed by atoms with Gasteiger partial charge in [0.25, 0.3) is 5.91 Å². The smallest absolute Gasteiger partial charge is 0.257 e. The van der Waals surface area contributed by atoms with Crippen molar-refractivity contribution >= 4 is 5.91 Å². The van der Waals surface area contributed by atoms with Crippen molar-refractivity contribution in [3.05, 3.63) is 71.1 Å². The third-order valence-corrected chi connectivity index (χ3v) is 4.72. The molecule has 0 saturated carbocycles. The zero-order valence-corrected chi connectivity index (χ0v) is 15.7. The zero-order chi connectivity index (χ0) is 19.0. The van der Waals surface area contributed by atoms with Gasteiger partial charge in [-0.3, -0.25) is 4.79 Å². The molecule has 3 aromatic rings. The molecule has 0 spiro atoms. The SMILES string of the molecule is Cc1nc(C(C)C)ncc1C(=O)N1Cc2cnc(-c3ccccc3)nc2C1. The van der Waals surface area contributed by atoms with Gasteiger partial charge >= 0.3 is 0 Å². The molecule has 27 heavy (non-hydrogen) atoms. The van der Waals surface area contributed by atoms with Gasteiger partial charge in [0.05, 0.1) is 23.5 Å². The maximum absolute atomic E-state index is 13.0. The average Bonchev–Trinajstić information content (AvgIpc) is 3.11. The second-order valence-electron chi connectivity index (χ2n) is 7.07.